The zero-order valence-electron chi connectivity index (χ0n) is 33.1. The molecule has 0 aromatic heterocycles. The van der Waals surface area contributed by atoms with Gasteiger partial charge in [0.25, 0.3) is 0 Å². The van der Waals surface area contributed by atoms with Gasteiger partial charge in [0.1, 0.15) is 0 Å². The van der Waals surface area contributed by atoms with E-state index in [1.54, 1.807) is 0 Å². The lowest BCUT2D eigenvalue weighted by Gasteiger charge is -2.24. The topological polar surface area (TPSA) is 0 Å². The van der Waals surface area contributed by atoms with Crippen LogP contribution in [-0.2, 0) is 5.41 Å². The molecule has 276 valence electrons. The Bertz CT molecular complexity index is 3510. The van der Waals surface area contributed by atoms with Crippen LogP contribution in [0, 0.1) is 0 Å². The minimum absolute atomic E-state index is 0.205. The van der Waals surface area contributed by atoms with Gasteiger partial charge < -0.3 is 0 Å². The zero-order chi connectivity index (χ0) is 39.0. The van der Waals surface area contributed by atoms with Crippen LogP contribution in [0.5, 0.6) is 0 Å². The summed E-state index contributed by atoms with van der Waals surface area (Å²) in [6, 6.07) is 64.7. The molecule has 0 nitrogen and oxygen atoms in total. The number of hydrogen-bond donors (Lipinski definition) is 0. The lowest BCUT2D eigenvalue weighted by molar-refractivity contribution is 0.661. The third-order valence-corrected chi connectivity index (χ3v) is 14.2. The van der Waals surface area contributed by atoms with E-state index >= 15 is 0 Å². The summed E-state index contributed by atoms with van der Waals surface area (Å²) in [4.78, 5) is 0. The van der Waals surface area contributed by atoms with Crippen molar-refractivity contribution in [3.63, 3.8) is 0 Å². The van der Waals surface area contributed by atoms with Crippen LogP contribution in [0.15, 0.2) is 194 Å². The quantitative estimate of drug-likeness (QED) is 0.158. The summed E-state index contributed by atoms with van der Waals surface area (Å²) in [7, 11) is 0. The molecule has 0 bridgehead atoms. The van der Waals surface area contributed by atoms with Crippen molar-refractivity contribution in [3.05, 3.63) is 216 Å². The molecule has 2 unspecified atom stereocenters. The molecule has 0 heterocycles. The highest BCUT2D eigenvalue weighted by Crippen LogP contribution is 2.55. The summed E-state index contributed by atoms with van der Waals surface area (Å²) < 4.78 is 0. The summed E-state index contributed by atoms with van der Waals surface area (Å²) in [5.74, 6) is 0.847. The highest BCUT2D eigenvalue weighted by atomic mass is 14.4. The van der Waals surface area contributed by atoms with E-state index in [-0.39, 0.29) is 5.41 Å². The van der Waals surface area contributed by atoms with E-state index in [9.17, 15) is 0 Å². The van der Waals surface area contributed by atoms with Gasteiger partial charge in [0, 0.05) is 17.3 Å². The Labute approximate surface area is 344 Å². The molecule has 0 radical (unpaired) electrons. The van der Waals surface area contributed by atoms with Crippen molar-refractivity contribution >= 4 is 53.9 Å². The van der Waals surface area contributed by atoms with Gasteiger partial charge in [-0.25, -0.2) is 0 Å². The molecule has 0 amide bonds. The first-order valence-corrected chi connectivity index (χ1v) is 21.1. The largest absolute Gasteiger partial charge is 0.0761 e. The average Bonchev–Trinajstić information content (AvgIpc) is 3.72. The third-order valence-electron chi connectivity index (χ3n) is 14.2. The molecule has 10 aromatic carbocycles. The standard InChI is InChI=1S/C59H40/c1-59(2)54-32-39(42-28-29-50-44-17-8-7-16-43(44)47-21-11-20-46(42)58(47)50)26-27-45(54)51-33-52-53(34-55(51)59)57(41-25-23-36-13-4-6-15-38(36)31-41)49-19-10-9-18-48(49)56(52)40-24-22-35-12-3-5-14-37(35)30-40/h3-34,43-44H,1-2H3. The van der Waals surface area contributed by atoms with Crippen molar-refractivity contribution in [2.75, 3.05) is 0 Å². The van der Waals surface area contributed by atoms with E-state index in [1.807, 2.05) is 0 Å². The van der Waals surface area contributed by atoms with Crippen LogP contribution in [0.2, 0.25) is 0 Å². The van der Waals surface area contributed by atoms with Crippen molar-refractivity contribution in [1.29, 1.82) is 0 Å². The molecule has 2 atom stereocenters. The Balaban J connectivity index is 1.07. The number of rotatable bonds is 3. The fourth-order valence-corrected chi connectivity index (χ4v) is 11.4. The minimum atomic E-state index is -0.205. The Hall–Kier alpha value is -7.02. The summed E-state index contributed by atoms with van der Waals surface area (Å²) in [6.07, 6.45) is 9.21. The molecule has 0 spiro atoms. The van der Waals surface area contributed by atoms with Gasteiger partial charge in [-0.15, -0.1) is 0 Å². The monoisotopic (exact) mass is 748 g/mol. The van der Waals surface area contributed by atoms with Gasteiger partial charge in [0.15, 0.2) is 0 Å². The fourth-order valence-electron chi connectivity index (χ4n) is 11.4. The first-order chi connectivity index (χ1) is 29.0. The van der Waals surface area contributed by atoms with E-state index in [0.717, 1.165) is 0 Å². The van der Waals surface area contributed by atoms with E-state index in [2.05, 4.69) is 208 Å². The molecule has 13 rings (SSSR count). The second-order valence-electron chi connectivity index (χ2n) is 17.5. The fraction of sp³-hybridized carbons (Fsp3) is 0.0847. The highest BCUT2D eigenvalue weighted by Gasteiger charge is 2.38. The second-order valence-corrected chi connectivity index (χ2v) is 17.5. The van der Waals surface area contributed by atoms with Gasteiger partial charge >= 0.3 is 0 Å². The van der Waals surface area contributed by atoms with Crippen molar-refractivity contribution < 1.29 is 0 Å². The van der Waals surface area contributed by atoms with Crippen LogP contribution in [0.4, 0.5) is 0 Å². The smallest absolute Gasteiger partial charge is 0.0159 e. The number of allylic oxidation sites excluding steroid dienone is 4. The molecule has 0 fully saturated rings. The molecule has 0 saturated carbocycles. The molecule has 0 saturated heterocycles. The molecule has 3 aliphatic rings. The molecule has 0 N–H and O–H groups in total. The van der Waals surface area contributed by atoms with Gasteiger partial charge in [0.05, 0.1) is 0 Å². The predicted molar refractivity (Wildman–Crippen MR) is 252 cm³/mol. The lowest BCUT2D eigenvalue weighted by Crippen LogP contribution is -2.15. The molecule has 10 aromatic rings. The Morgan fingerprint density at radius 3 is 1.54 bits per heavy atom. The van der Waals surface area contributed by atoms with Crippen LogP contribution in [0.3, 0.4) is 0 Å². The summed E-state index contributed by atoms with van der Waals surface area (Å²) in [5, 5.41) is 13.0. The van der Waals surface area contributed by atoms with Gasteiger partial charge in [-0.1, -0.05) is 178 Å². The Morgan fingerprint density at radius 2 is 0.881 bits per heavy atom. The maximum absolute atomic E-state index is 2.56. The first kappa shape index (κ1) is 33.0. The molecule has 3 aliphatic carbocycles. The molecular weight excluding hydrogens is 709 g/mol. The molecular formula is C59H40. The number of benzene rings is 10. The van der Waals surface area contributed by atoms with Crippen molar-refractivity contribution in [3.8, 4) is 44.5 Å². The van der Waals surface area contributed by atoms with Crippen LogP contribution >= 0.6 is 0 Å². The van der Waals surface area contributed by atoms with Gasteiger partial charge in [-0.2, -0.15) is 0 Å². The van der Waals surface area contributed by atoms with E-state index in [0.29, 0.717) is 11.8 Å². The van der Waals surface area contributed by atoms with E-state index in [1.165, 1.54) is 121 Å². The van der Waals surface area contributed by atoms with Crippen LogP contribution in [0.1, 0.15) is 47.9 Å². The van der Waals surface area contributed by atoms with E-state index in [4.69, 9.17) is 0 Å². The first-order valence-electron chi connectivity index (χ1n) is 21.1. The lowest BCUT2D eigenvalue weighted by atomic mass is 9.79. The van der Waals surface area contributed by atoms with Gasteiger partial charge in [0.2, 0.25) is 0 Å². The van der Waals surface area contributed by atoms with Crippen molar-refractivity contribution in [1.82, 2.24) is 0 Å². The van der Waals surface area contributed by atoms with E-state index < -0.39 is 0 Å². The Morgan fingerprint density at radius 1 is 0.356 bits per heavy atom. The van der Waals surface area contributed by atoms with Crippen molar-refractivity contribution in [2.24, 2.45) is 0 Å². The van der Waals surface area contributed by atoms with Gasteiger partial charge in [-0.05, 0) is 151 Å². The SMILES string of the molecule is CC1(C)c2cc(-c3ccc4c5c(cccc35)C3C=CC=CC43)ccc2-c2cc3c(-c4ccc5ccccc5c4)c4ccccc4c(-c4ccc5ccccc5c4)c3cc21. The maximum atomic E-state index is 2.56. The van der Waals surface area contributed by atoms with Crippen LogP contribution in [0.25, 0.3) is 98.4 Å². The normalized spacial score (nSPS) is 17.0. The summed E-state index contributed by atoms with van der Waals surface area (Å²) in [5.41, 5.74) is 15.9. The Kier molecular flexibility index (Phi) is 6.72. The number of fused-ring (bicyclic) bond motifs is 10. The number of hydrogen-bond acceptors (Lipinski definition) is 0. The highest BCUT2D eigenvalue weighted by molar-refractivity contribution is 6.23. The summed E-state index contributed by atoms with van der Waals surface area (Å²) in [6.45, 7) is 4.87. The van der Waals surface area contributed by atoms with Crippen LogP contribution < -0.4 is 0 Å². The second kappa shape index (κ2) is 12.0. The molecule has 0 aliphatic heterocycles. The third kappa shape index (κ3) is 4.60. The predicted octanol–water partition coefficient (Wildman–Crippen LogP) is 16.1. The minimum Gasteiger partial charge on any atom is -0.0761 e. The van der Waals surface area contributed by atoms with Crippen molar-refractivity contribution in [2.45, 2.75) is 31.1 Å². The van der Waals surface area contributed by atoms with Gasteiger partial charge in [-0.3, -0.25) is 0 Å². The average molecular weight is 749 g/mol. The molecule has 0 heteroatoms. The summed E-state index contributed by atoms with van der Waals surface area (Å²) >= 11 is 0. The molecule has 59 heavy (non-hydrogen) atoms. The maximum Gasteiger partial charge on any atom is 0.0159 e. The van der Waals surface area contributed by atoms with Crippen LogP contribution in [-0.4, -0.2) is 0 Å². The zero-order valence-corrected chi connectivity index (χ0v) is 33.1.